The van der Waals surface area contributed by atoms with E-state index in [9.17, 15) is 4.79 Å². The van der Waals surface area contributed by atoms with Crippen LogP contribution in [-0.4, -0.2) is 51.9 Å². The zero-order valence-corrected chi connectivity index (χ0v) is 18.0. The number of ether oxygens (including phenoxy) is 1. The number of para-hydroxylation sites is 2. The van der Waals surface area contributed by atoms with Gasteiger partial charge in [0.1, 0.15) is 5.75 Å². The van der Waals surface area contributed by atoms with Crippen molar-refractivity contribution in [1.82, 2.24) is 15.0 Å². The van der Waals surface area contributed by atoms with Crippen LogP contribution in [0.2, 0.25) is 0 Å². The molecule has 1 aromatic heterocycles. The number of hydrazone groups is 1. The number of benzene rings is 2. The fourth-order valence-electron chi connectivity index (χ4n) is 3.37. The number of nitrogens with one attached hydrogen (secondary N) is 2. The van der Waals surface area contributed by atoms with Crippen molar-refractivity contribution in [3.8, 4) is 5.75 Å². The number of aliphatic carboxylic acids is 1. The maximum absolute atomic E-state index is 10.8. The third kappa shape index (κ3) is 6.39. The Kier molecular flexibility index (Phi) is 7.26. The Morgan fingerprint density at radius 3 is 2.52 bits per heavy atom. The maximum Gasteiger partial charge on any atom is 0.341 e. The van der Waals surface area contributed by atoms with Gasteiger partial charge in [0.15, 0.2) is 6.61 Å². The molecule has 4 rings (SSSR count). The molecule has 0 aliphatic carbocycles. The first-order valence-electron chi connectivity index (χ1n) is 10.7. The number of rotatable bonds is 9. The van der Waals surface area contributed by atoms with Gasteiger partial charge in [0.2, 0.25) is 17.8 Å². The average molecular weight is 447 g/mol. The van der Waals surface area contributed by atoms with Gasteiger partial charge in [-0.05, 0) is 43.5 Å². The van der Waals surface area contributed by atoms with E-state index in [1.807, 2.05) is 36.4 Å². The van der Waals surface area contributed by atoms with E-state index in [0.29, 0.717) is 29.2 Å². The summed E-state index contributed by atoms with van der Waals surface area (Å²) in [5.41, 5.74) is 4.35. The molecule has 0 bridgehead atoms. The van der Waals surface area contributed by atoms with Crippen LogP contribution in [0.5, 0.6) is 5.75 Å². The predicted octanol–water partition coefficient (Wildman–Crippen LogP) is 3.51. The van der Waals surface area contributed by atoms with E-state index >= 15 is 0 Å². The highest BCUT2D eigenvalue weighted by Gasteiger charge is 2.16. The largest absolute Gasteiger partial charge is 0.481 e. The van der Waals surface area contributed by atoms with Crippen molar-refractivity contribution in [3.63, 3.8) is 0 Å². The van der Waals surface area contributed by atoms with Gasteiger partial charge in [-0.15, -0.1) is 0 Å². The van der Waals surface area contributed by atoms with Crippen molar-refractivity contribution in [2.45, 2.75) is 19.3 Å². The Morgan fingerprint density at radius 1 is 1.00 bits per heavy atom. The molecule has 1 aliphatic rings. The predicted molar refractivity (Wildman–Crippen MR) is 126 cm³/mol. The van der Waals surface area contributed by atoms with E-state index in [4.69, 9.17) is 9.84 Å². The van der Waals surface area contributed by atoms with Gasteiger partial charge in [-0.3, -0.25) is 0 Å². The number of anilines is 4. The summed E-state index contributed by atoms with van der Waals surface area (Å²) in [6.45, 7) is 1.36. The fourth-order valence-corrected chi connectivity index (χ4v) is 3.37. The number of nitrogens with zero attached hydrogens (tertiary/aromatic N) is 5. The Labute approximate surface area is 191 Å². The molecule has 3 aromatic rings. The van der Waals surface area contributed by atoms with Crippen LogP contribution >= 0.6 is 0 Å². The lowest BCUT2D eigenvalue weighted by molar-refractivity contribution is -0.139. The maximum atomic E-state index is 10.8. The molecular formula is C23H25N7O3. The number of carbonyl (C=O) groups is 1. The average Bonchev–Trinajstić information content (AvgIpc) is 2.84. The van der Waals surface area contributed by atoms with E-state index in [1.54, 1.807) is 18.2 Å². The number of carboxylic acids is 1. The molecule has 10 heteroatoms. The Bertz CT molecular complexity index is 1100. The SMILES string of the molecule is O=C(O)COc1ccccc1/C=N/Nc1nc(Nc2ccccc2)nc(N2CCCCC2)n1. The fraction of sp³-hybridized carbons (Fsp3) is 0.261. The molecule has 0 spiro atoms. The summed E-state index contributed by atoms with van der Waals surface area (Å²) >= 11 is 0. The lowest BCUT2D eigenvalue weighted by atomic mass is 10.1. The first-order valence-corrected chi connectivity index (χ1v) is 10.7. The lowest BCUT2D eigenvalue weighted by Crippen LogP contribution is -2.31. The van der Waals surface area contributed by atoms with Gasteiger partial charge in [-0.2, -0.15) is 20.1 Å². The topological polar surface area (TPSA) is 125 Å². The van der Waals surface area contributed by atoms with Crippen molar-refractivity contribution in [2.75, 3.05) is 35.3 Å². The van der Waals surface area contributed by atoms with Crippen LogP contribution in [-0.2, 0) is 4.79 Å². The summed E-state index contributed by atoms with van der Waals surface area (Å²) in [6, 6.07) is 16.7. The molecule has 0 saturated carbocycles. The standard InChI is InChI=1S/C23H25N7O3/c31-20(32)16-33-19-12-6-5-9-17(19)15-24-29-22-26-21(25-18-10-3-1-4-11-18)27-23(28-22)30-13-7-2-8-14-30/h1,3-6,9-12,15H,2,7-8,13-14,16H2,(H,31,32)(H2,25,26,27,28,29)/b24-15+. The normalized spacial score (nSPS) is 13.6. The molecule has 1 saturated heterocycles. The van der Waals surface area contributed by atoms with Crippen molar-refractivity contribution in [2.24, 2.45) is 5.10 Å². The molecule has 1 fully saturated rings. The first kappa shape index (κ1) is 22.0. The van der Waals surface area contributed by atoms with Crippen LogP contribution in [0.3, 0.4) is 0 Å². The van der Waals surface area contributed by atoms with Crippen molar-refractivity contribution in [3.05, 3.63) is 60.2 Å². The quantitative estimate of drug-likeness (QED) is 0.334. The summed E-state index contributed by atoms with van der Waals surface area (Å²) in [6.07, 6.45) is 4.93. The molecule has 0 atom stereocenters. The summed E-state index contributed by atoms with van der Waals surface area (Å²) in [7, 11) is 0. The van der Waals surface area contributed by atoms with Gasteiger partial charge in [0, 0.05) is 24.3 Å². The smallest absolute Gasteiger partial charge is 0.341 e. The first-order chi connectivity index (χ1) is 16.2. The van der Waals surface area contributed by atoms with Crippen LogP contribution < -0.4 is 20.4 Å². The van der Waals surface area contributed by atoms with Crippen LogP contribution in [0.25, 0.3) is 0 Å². The molecule has 170 valence electrons. The zero-order chi connectivity index (χ0) is 22.9. The monoisotopic (exact) mass is 447 g/mol. The third-order valence-corrected chi connectivity index (χ3v) is 4.93. The summed E-state index contributed by atoms with van der Waals surface area (Å²) in [4.78, 5) is 26.5. The highest BCUT2D eigenvalue weighted by atomic mass is 16.5. The minimum atomic E-state index is -1.05. The van der Waals surface area contributed by atoms with Gasteiger partial charge in [0.05, 0.1) is 6.21 Å². The molecule has 0 radical (unpaired) electrons. The molecule has 10 nitrogen and oxygen atoms in total. The lowest BCUT2D eigenvalue weighted by Gasteiger charge is -2.26. The van der Waals surface area contributed by atoms with Crippen molar-refractivity contribution >= 4 is 35.7 Å². The van der Waals surface area contributed by atoms with Gasteiger partial charge in [-0.1, -0.05) is 30.3 Å². The van der Waals surface area contributed by atoms with Crippen LogP contribution in [0, 0.1) is 0 Å². The minimum Gasteiger partial charge on any atom is -0.481 e. The molecule has 2 aromatic carbocycles. The number of hydrogen-bond acceptors (Lipinski definition) is 9. The number of carboxylic acid groups (broad SMARTS) is 1. The summed E-state index contributed by atoms with van der Waals surface area (Å²) < 4.78 is 5.31. The second-order valence-corrected chi connectivity index (χ2v) is 7.41. The molecule has 0 unspecified atom stereocenters. The van der Waals surface area contributed by atoms with E-state index in [2.05, 4.69) is 35.7 Å². The second-order valence-electron chi connectivity index (χ2n) is 7.41. The molecule has 0 amide bonds. The minimum absolute atomic E-state index is 0.296. The van der Waals surface area contributed by atoms with Gasteiger partial charge in [0.25, 0.3) is 0 Å². The molecule has 1 aliphatic heterocycles. The number of hydrogen-bond donors (Lipinski definition) is 3. The Balaban J connectivity index is 1.54. The highest BCUT2D eigenvalue weighted by Crippen LogP contribution is 2.21. The van der Waals surface area contributed by atoms with Crippen LogP contribution in [0.4, 0.5) is 23.5 Å². The third-order valence-electron chi connectivity index (χ3n) is 4.93. The van der Waals surface area contributed by atoms with Crippen LogP contribution in [0.15, 0.2) is 59.7 Å². The highest BCUT2D eigenvalue weighted by molar-refractivity contribution is 5.84. The van der Waals surface area contributed by atoms with E-state index in [1.165, 1.54) is 12.6 Å². The van der Waals surface area contributed by atoms with Crippen molar-refractivity contribution < 1.29 is 14.6 Å². The summed E-state index contributed by atoms with van der Waals surface area (Å²) in [5.74, 6) is 0.671. The van der Waals surface area contributed by atoms with E-state index < -0.39 is 12.6 Å². The zero-order valence-electron chi connectivity index (χ0n) is 18.0. The number of aromatic nitrogens is 3. The molecule has 33 heavy (non-hydrogen) atoms. The number of piperidine rings is 1. The second kappa shape index (κ2) is 10.9. The molecule has 3 N–H and O–H groups in total. The van der Waals surface area contributed by atoms with Gasteiger partial charge in [-0.25, -0.2) is 10.2 Å². The Morgan fingerprint density at radius 2 is 1.73 bits per heavy atom. The van der Waals surface area contributed by atoms with Crippen LogP contribution in [0.1, 0.15) is 24.8 Å². The van der Waals surface area contributed by atoms with E-state index in [0.717, 1.165) is 31.6 Å². The van der Waals surface area contributed by atoms with Crippen molar-refractivity contribution in [1.29, 1.82) is 0 Å². The van der Waals surface area contributed by atoms with E-state index in [-0.39, 0.29) is 0 Å². The molecular weight excluding hydrogens is 422 g/mol. The molecule has 2 heterocycles. The van der Waals surface area contributed by atoms with Gasteiger partial charge >= 0.3 is 5.97 Å². The van der Waals surface area contributed by atoms with Gasteiger partial charge < -0.3 is 20.1 Å². The summed E-state index contributed by atoms with van der Waals surface area (Å²) in [5, 5.41) is 16.3. The Hall–Kier alpha value is -4.21.